The zero-order chi connectivity index (χ0) is 17.8. The number of benzene rings is 2. The summed E-state index contributed by atoms with van der Waals surface area (Å²) < 4.78 is 12.4. The van der Waals surface area contributed by atoms with Gasteiger partial charge in [-0.15, -0.1) is 0 Å². The van der Waals surface area contributed by atoms with Crippen LogP contribution in [0.25, 0.3) is 0 Å². The highest BCUT2D eigenvalue weighted by atomic mass is 16.5. The highest BCUT2D eigenvalue weighted by Gasteiger charge is 2.27. The maximum absolute atomic E-state index is 6.19. The second-order valence-electron chi connectivity index (χ2n) is 7.86. The number of hydrogen-bond donors (Lipinski definition) is 0. The Labute approximate surface area is 146 Å². The topological polar surface area (TPSA) is 18.5 Å². The molecule has 0 aliphatic heterocycles. The standard InChI is InChI=1S/C22H30O2/c1-17-9-7-11-19(15-17)23-21(3,4)13-14-22(5,6)24-20-12-8-10-18(2)16-20/h7-12,15-16H,13-14H2,1-6H3. The molecule has 130 valence electrons. The van der Waals surface area contributed by atoms with Crippen LogP contribution in [0.5, 0.6) is 11.5 Å². The summed E-state index contributed by atoms with van der Waals surface area (Å²) in [6, 6.07) is 16.4. The van der Waals surface area contributed by atoms with E-state index in [2.05, 4.69) is 65.8 Å². The highest BCUT2D eigenvalue weighted by Crippen LogP contribution is 2.29. The van der Waals surface area contributed by atoms with Crippen LogP contribution >= 0.6 is 0 Å². The van der Waals surface area contributed by atoms with Crippen LogP contribution in [0.2, 0.25) is 0 Å². The minimum absolute atomic E-state index is 0.235. The van der Waals surface area contributed by atoms with E-state index < -0.39 is 0 Å². The van der Waals surface area contributed by atoms with E-state index in [0.29, 0.717) is 0 Å². The molecule has 2 rings (SSSR count). The summed E-state index contributed by atoms with van der Waals surface area (Å²) in [5.74, 6) is 1.86. The summed E-state index contributed by atoms with van der Waals surface area (Å²) in [6.07, 6.45) is 1.83. The largest absolute Gasteiger partial charge is 0.488 e. The van der Waals surface area contributed by atoms with Crippen molar-refractivity contribution in [3.8, 4) is 11.5 Å². The third-order valence-electron chi connectivity index (χ3n) is 4.10. The van der Waals surface area contributed by atoms with Crippen molar-refractivity contribution in [1.82, 2.24) is 0 Å². The molecule has 0 saturated heterocycles. The summed E-state index contributed by atoms with van der Waals surface area (Å²) in [5, 5.41) is 0. The fraction of sp³-hybridized carbons (Fsp3) is 0.455. The summed E-state index contributed by atoms with van der Waals surface area (Å²) in [4.78, 5) is 0. The second-order valence-corrected chi connectivity index (χ2v) is 7.86. The third-order valence-corrected chi connectivity index (χ3v) is 4.10. The van der Waals surface area contributed by atoms with Gasteiger partial charge in [0.2, 0.25) is 0 Å². The van der Waals surface area contributed by atoms with Gasteiger partial charge in [-0.3, -0.25) is 0 Å². The van der Waals surface area contributed by atoms with Gasteiger partial charge in [0.05, 0.1) is 0 Å². The third kappa shape index (κ3) is 5.92. The Morgan fingerprint density at radius 2 is 1.04 bits per heavy atom. The molecule has 0 radical (unpaired) electrons. The lowest BCUT2D eigenvalue weighted by Crippen LogP contribution is -2.35. The molecule has 0 unspecified atom stereocenters. The van der Waals surface area contributed by atoms with Gasteiger partial charge in [0.1, 0.15) is 22.7 Å². The SMILES string of the molecule is Cc1cccc(OC(C)(C)CCC(C)(C)Oc2cccc(C)c2)c1. The summed E-state index contributed by atoms with van der Waals surface area (Å²) >= 11 is 0. The van der Waals surface area contributed by atoms with E-state index in [0.717, 1.165) is 24.3 Å². The molecule has 0 heterocycles. The molecule has 0 bridgehead atoms. The molecule has 0 aliphatic rings. The van der Waals surface area contributed by atoms with Gasteiger partial charge < -0.3 is 9.47 Å². The molecule has 2 aromatic carbocycles. The van der Waals surface area contributed by atoms with Crippen molar-refractivity contribution in [2.75, 3.05) is 0 Å². The molecule has 0 amide bonds. The maximum Gasteiger partial charge on any atom is 0.120 e. The van der Waals surface area contributed by atoms with E-state index in [1.54, 1.807) is 0 Å². The van der Waals surface area contributed by atoms with Crippen molar-refractivity contribution in [1.29, 1.82) is 0 Å². The minimum Gasteiger partial charge on any atom is -0.488 e. The molecule has 0 N–H and O–H groups in total. The van der Waals surface area contributed by atoms with Crippen LogP contribution in [0.4, 0.5) is 0 Å². The Kier molecular flexibility index (Phi) is 5.58. The molecular weight excluding hydrogens is 296 g/mol. The molecule has 0 aliphatic carbocycles. The van der Waals surface area contributed by atoms with Gasteiger partial charge in [-0.05, 0) is 89.8 Å². The lowest BCUT2D eigenvalue weighted by Gasteiger charge is -2.32. The average molecular weight is 326 g/mol. The van der Waals surface area contributed by atoms with E-state index in [1.165, 1.54) is 11.1 Å². The van der Waals surface area contributed by atoms with E-state index in [9.17, 15) is 0 Å². The van der Waals surface area contributed by atoms with Crippen LogP contribution in [0.15, 0.2) is 48.5 Å². The first kappa shape index (κ1) is 18.4. The fourth-order valence-electron chi connectivity index (χ4n) is 2.70. The molecule has 0 atom stereocenters. The number of ether oxygens (including phenoxy) is 2. The van der Waals surface area contributed by atoms with Crippen LogP contribution < -0.4 is 9.47 Å². The second kappa shape index (κ2) is 7.29. The van der Waals surface area contributed by atoms with Crippen molar-refractivity contribution in [2.45, 2.75) is 65.6 Å². The molecule has 0 fully saturated rings. The van der Waals surface area contributed by atoms with Crippen LogP contribution in [-0.2, 0) is 0 Å². The first-order valence-corrected chi connectivity index (χ1v) is 8.67. The Morgan fingerprint density at radius 1 is 0.667 bits per heavy atom. The molecule has 0 aromatic heterocycles. The normalized spacial score (nSPS) is 12.1. The van der Waals surface area contributed by atoms with Crippen LogP contribution in [0.1, 0.15) is 51.7 Å². The molecule has 0 spiro atoms. The molecule has 24 heavy (non-hydrogen) atoms. The summed E-state index contributed by atoms with van der Waals surface area (Å²) in [7, 11) is 0. The maximum atomic E-state index is 6.19. The first-order valence-electron chi connectivity index (χ1n) is 8.67. The van der Waals surface area contributed by atoms with Gasteiger partial charge in [0.15, 0.2) is 0 Å². The van der Waals surface area contributed by atoms with E-state index in [1.807, 2.05) is 24.3 Å². The van der Waals surface area contributed by atoms with Gasteiger partial charge >= 0.3 is 0 Å². The fourth-order valence-corrected chi connectivity index (χ4v) is 2.70. The first-order chi connectivity index (χ1) is 11.2. The van der Waals surface area contributed by atoms with Gasteiger partial charge in [0, 0.05) is 0 Å². The quantitative estimate of drug-likeness (QED) is 0.612. The van der Waals surface area contributed by atoms with Crippen molar-refractivity contribution < 1.29 is 9.47 Å². The van der Waals surface area contributed by atoms with Crippen molar-refractivity contribution in [3.05, 3.63) is 59.7 Å². The Hall–Kier alpha value is -1.96. The van der Waals surface area contributed by atoms with Crippen molar-refractivity contribution in [3.63, 3.8) is 0 Å². The number of hydrogen-bond acceptors (Lipinski definition) is 2. The Bertz CT molecular complexity index is 612. The van der Waals surface area contributed by atoms with E-state index in [-0.39, 0.29) is 11.2 Å². The summed E-state index contributed by atoms with van der Waals surface area (Å²) in [6.45, 7) is 12.7. The van der Waals surface area contributed by atoms with Crippen LogP contribution in [0, 0.1) is 13.8 Å². The molecule has 2 heteroatoms. The monoisotopic (exact) mass is 326 g/mol. The van der Waals surface area contributed by atoms with Gasteiger partial charge in [-0.1, -0.05) is 24.3 Å². The number of rotatable bonds is 7. The average Bonchev–Trinajstić information content (AvgIpc) is 2.45. The van der Waals surface area contributed by atoms with Crippen LogP contribution in [0.3, 0.4) is 0 Å². The zero-order valence-electron chi connectivity index (χ0n) is 15.8. The van der Waals surface area contributed by atoms with Gasteiger partial charge in [0.25, 0.3) is 0 Å². The predicted octanol–water partition coefficient (Wildman–Crippen LogP) is 6.10. The zero-order valence-corrected chi connectivity index (χ0v) is 15.8. The lowest BCUT2D eigenvalue weighted by molar-refractivity contribution is 0.0451. The smallest absolute Gasteiger partial charge is 0.120 e. The Balaban J connectivity index is 1.94. The highest BCUT2D eigenvalue weighted by molar-refractivity contribution is 5.29. The Morgan fingerprint density at radius 3 is 1.38 bits per heavy atom. The molecular formula is C22H30O2. The van der Waals surface area contributed by atoms with E-state index >= 15 is 0 Å². The van der Waals surface area contributed by atoms with Crippen molar-refractivity contribution >= 4 is 0 Å². The molecule has 0 saturated carbocycles. The summed E-state index contributed by atoms with van der Waals surface area (Å²) in [5.41, 5.74) is 1.96. The van der Waals surface area contributed by atoms with Gasteiger partial charge in [-0.2, -0.15) is 0 Å². The molecule has 2 aromatic rings. The van der Waals surface area contributed by atoms with Gasteiger partial charge in [-0.25, -0.2) is 0 Å². The van der Waals surface area contributed by atoms with E-state index in [4.69, 9.17) is 9.47 Å². The minimum atomic E-state index is -0.235. The van der Waals surface area contributed by atoms with Crippen molar-refractivity contribution in [2.24, 2.45) is 0 Å². The predicted molar refractivity (Wildman–Crippen MR) is 101 cm³/mol. The lowest BCUT2D eigenvalue weighted by atomic mass is 9.93. The van der Waals surface area contributed by atoms with Crippen LogP contribution in [-0.4, -0.2) is 11.2 Å². The molecule has 2 nitrogen and oxygen atoms in total. The number of aryl methyl sites for hydroxylation is 2.